The van der Waals surface area contributed by atoms with Crippen molar-refractivity contribution >= 4 is 11.7 Å². The third kappa shape index (κ3) is 5.78. The number of rotatable bonds is 7. The molecule has 1 aromatic carbocycles. The number of nitrogens with zero attached hydrogens (tertiary/aromatic N) is 4. The maximum Gasteiger partial charge on any atom is 0.267 e. The Bertz CT molecular complexity index is 1040. The topological polar surface area (TPSA) is 80.1 Å². The number of hydrogen-bond donors (Lipinski definition) is 1. The molecule has 31 heavy (non-hydrogen) atoms. The van der Waals surface area contributed by atoms with Gasteiger partial charge in [0.1, 0.15) is 12.4 Å². The van der Waals surface area contributed by atoms with E-state index in [-0.39, 0.29) is 18.0 Å². The zero-order chi connectivity index (χ0) is 21.5. The minimum atomic E-state index is -0.282. The number of piperidine rings is 1. The Kier molecular flexibility index (Phi) is 6.72. The fourth-order valence-electron chi connectivity index (χ4n) is 3.92. The normalized spacial score (nSPS) is 14.4. The average molecular weight is 418 g/mol. The fourth-order valence-corrected chi connectivity index (χ4v) is 3.92. The van der Waals surface area contributed by atoms with E-state index in [4.69, 9.17) is 0 Å². The maximum atomic E-state index is 12.3. The molecule has 1 saturated heterocycles. The summed E-state index contributed by atoms with van der Waals surface area (Å²) in [6, 6.07) is 19.4. The van der Waals surface area contributed by atoms with Gasteiger partial charge < -0.3 is 10.2 Å². The van der Waals surface area contributed by atoms with E-state index in [2.05, 4.69) is 44.6 Å². The summed E-state index contributed by atoms with van der Waals surface area (Å²) in [4.78, 5) is 30.9. The van der Waals surface area contributed by atoms with E-state index in [1.165, 1.54) is 16.3 Å². The van der Waals surface area contributed by atoms with Crippen molar-refractivity contribution in [2.75, 3.05) is 18.0 Å². The average Bonchev–Trinajstić information content (AvgIpc) is 2.81. The second kappa shape index (κ2) is 10.0. The monoisotopic (exact) mass is 417 g/mol. The minimum absolute atomic E-state index is 0.107. The van der Waals surface area contributed by atoms with Gasteiger partial charge in [0.25, 0.3) is 5.56 Å². The molecule has 1 aliphatic heterocycles. The van der Waals surface area contributed by atoms with Gasteiger partial charge in [0.05, 0.1) is 12.2 Å². The van der Waals surface area contributed by atoms with Crippen molar-refractivity contribution in [3.63, 3.8) is 0 Å². The first-order valence-corrected chi connectivity index (χ1v) is 10.7. The lowest BCUT2D eigenvalue weighted by Gasteiger charge is -2.33. The standard InChI is InChI=1S/C24H27N5O2/c30-23(26-17-21-8-4-5-13-25-21)18-29-24(31)10-9-22(27-29)28-14-11-20(12-15-28)16-19-6-2-1-3-7-19/h1-10,13,20H,11-12,14-18H2,(H,26,30). The molecule has 1 aliphatic rings. The number of pyridine rings is 1. The van der Waals surface area contributed by atoms with Crippen LogP contribution in [0.4, 0.5) is 5.82 Å². The van der Waals surface area contributed by atoms with Crippen LogP contribution in [0.5, 0.6) is 0 Å². The number of anilines is 1. The van der Waals surface area contributed by atoms with Crippen LogP contribution in [-0.2, 0) is 24.3 Å². The summed E-state index contributed by atoms with van der Waals surface area (Å²) < 4.78 is 1.24. The van der Waals surface area contributed by atoms with Crippen molar-refractivity contribution < 1.29 is 4.79 Å². The van der Waals surface area contributed by atoms with Crippen molar-refractivity contribution in [3.05, 3.63) is 88.5 Å². The molecule has 3 aromatic rings. The predicted octanol–water partition coefficient (Wildman–Crippen LogP) is 2.41. The molecular formula is C24H27N5O2. The molecule has 2 aromatic heterocycles. The van der Waals surface area contributed by atoms with Gasteiger partial charge in [0, 0.05) is 25.4 Å². The van der Waals surface area contributed by atoms with Crippen LogP contribution in [0.25, 0.3) is 0 Å². The molecule has 0 atom stereocenters. The minimum Gasteiger partial charge on any atom is -0.355 e. The molecule has 1 fully saturated rings. The van der Waals surface area contributed by atoms with E-state index in [1.807, 2.05) is 24.3 Å². The number of aromatic nitrogens is 3. The Labute approximate surface area is 181 Å². The highest BCUT2D eigenvalue weighted by Gasteiger charge is 2.21. The van der Waals surface area contributed by atoms with E-state index in [9.17, 15) is 9.59 Å². The maximum absolute atomic E-state index is 12.3. The summed E-state index contributed by atoms with van der Waals surface area (Å²) in [5.74, 6) is 1.14. The first-order chi connectivity index (χ1) is 15.2. The third-order valence-electron chi connectivity index (χ3n) is 5.64. The lowest BCUT2D eigenvalue weighted by atomic mass is 9.90. The molecule has 0 bridgehead atoms. The van der Waals surface area contributed by atoms with Crippen molar-refractivity contribution in [3.8, 4) is 0 Å². The second-order valence-electron chi connectivity index (χ2n) is 7.91. The van der Waals surface area contributed by atoms with E-state index >= 15 is 0 Å². The van der Waals surface area contributed by atoms with E-state index < -0.39 is 0 Å². The first-order valence-electron chi connectivity index (χ1n) is 10.7. The number of carbonyl (C=O) groups is 1. The Morgan fingerprint density at radius 1 is 1.00 bits per heavy atom. The van der Waals surface area contributed by atoms with Gasteiger partial charge in [-0.25, -0.2) is 4.68 Å². The number of carbonyl (C=O) groups excluding carboxylic acids is 1. The third-order valence-corrected chi connectivity index (χ3v) is 5.64. The van der Waals surface area contributed by atoms with Crippen LogP contribution >= 0.6 is 0 Å². The fraction of sp³-hybridized carbons (Fsp3) is 0.333. The summed E-state index contributed by atoms with van der Waals surface area (Å²) in [6.45, 7) is 2.01. The molecule has 7 nitrogen and oxygen atoms in total. The quantitative estimate of drug-likeness (QED) is 0.639. The van der Waals surface area contributed by atoms with Crippen molar-refractivity contribution in [2.45, 2.75) is 32.4 Å². The van der Waals surface area contributed by atoms with Crippen LogP contribution in [0.2, 0.25) is 0 Å². The molecular weight excluding hydrogens is 390 g/mol. The Balaban J connectivity index is 1.32. The molecule has 160 valence electrons. The van der Waals surface area contributed by atoms with E-state index in [0.29, 0.717) is 12.5 Å². The highest BCUT2D eigenvalue weighted by atomic mass is 16.2. The Hall–Kier alpha value is -3.48. The Morgan fingerprint density at radius 3 is 2.52 bits per heavy atom. The van der Waals surface area contributed by atoms with Crippen molar-refractivity contribution in [1.29, 1.82) is 0 Å². The van der Waals surface area contributed by atoms with Crippen LogP contribution in [0.3, 0.4) is 0 Å². The number of hydrogen-bond acceptors (Lipinski definition) is 5. The van der Waals surface area contributed by atoms with Crippen LogP contribution in [0.15, 0.2) is 71.7 Å². The summed E-state index contributed by atoms with van der Waals surface area (Å²) in [6.07, 6.45) is 4.94. The zero-order valence-corrected chi connectivity index (χ0v) is 17.5. The predicted molar refractivity (Wildman–Crippen MR) is 120 cm³/mol. The number of amides is 1. The second-order valence-corrected chi connectivity index (χ2v) is 7.91. The summed E-state index contributed by atoms with van der Waals surface area (Å²) in [5, 5.41) is 7.24. The molecule has 0 radical (unpaired) electrons. The van der Waals surface area contributed by atoms with Gasteiger partial charge >= 0.3 is 0 Å². The van der Waals surface area contributed by atoms with Gasteiger partial charge in [-0.1, -0.05) is 36.4 Å². The molecule has 1 amide bonds. The molecule has 7 heteroatoms. The van der Waals surface area contributed by atoms with Gasteiger partial charge in [-0.2, -0.15) is 5.10 Å². The van der Waals surface area contributed by atoms with Gasteiger partial charge in [-0.15, -0.1) is 0 Å². The zero-order valence-electron chi connectivity index (χ0n) is 17.5. The lowest BCUT2D eigenvalue weighted by molar-refractivity contribution is -0.122. The van der Waals surface area contributed by atoms with Crippen LogP contribution in [-0.4, -0.2) is 33.8 Å². The van der Waals surface area contributed by atoms with E-state index in [1.54, 1.807) is 12.3 Å². The smallest absolute Gasteiger partial charge is 0.267 e. The van der Waals surface area contributed by atoms with Gasteiger partial charge in [-0.05, 0) is 48.9 Å². The lowest BCUT2D eigenvalue weighted by Crippen LogP contribution is -2.38. The number of nitrogens with one attached hydrogen (secondary N) is 1. The highest BCUT2D eigenvalue weighted by Crippen LogP contribution is 2.24. The van der Waals surface area contributed by atoms with Crippen LogP contribution in [0.1, 0.15) is 24.1 Å². The van der Waals surface area contributed by atoms with Crippen molar-refractivity contribution in [1.82, 2.24) is 20.1 Å². The molecule has 3 heterocycles. The summed E-state index contributed by atoms with van der Waals surface area (Å²) in [5.41, 5.74) is 1.86. The summed E-state index contributed by atoms with van der Waals surface area (Å²) in [7, 11) is 0. The van der Waals surface area contributed by atoms with Gasteiger partial charge in [0.2, 0.25) is 5.91 Å². The number of benzene rings is 1. The van der Waals surface area contributed by atoms with E-state index in [0.717, 1.165) is 43.9 Å². The molecule has 4 rings (SSSR count). The Morgan fingerprint density at radius 2 is 1.77 bits per heavy atom. The van der Waals surface area contributed by atoms with Gasteiger partial charge in [-0.3, -0.25) is 14.6 Å². The molecule has 0 spiro atoms. The van der Waals surface area contributed by atoms with Crippen molar-refractivity contribution in [2.24, 2.45) is 5.92 Å². The largest absolute Gasteiger partial charge is 0.355 e. The van der Waals surface area contributed by atoms with Crippen LogP contribution in [0, 0.1) is 5.92 Å². The molecule has 0 aliphatic carbocycles. The van der Waals surface area contributed by atoms with Gasteiger partial charge in [0.15, 0.2) is 0 Å². The molecule has 0 unspecified atom stereocenters. The molecule has 1 N–H and O–H groups in total. The SMILES string of the molecule is O=C(Cn1nc(N2CCC(Cc3ccccc3)CC2)ccc1=O)NCc1ccccn1. The molecule has 0 saturated carbocycles. The van der Waals surface area contributed by atoms with Crippen LogP contribution < -0.4 is 15.8 Å². The highest BCUT2D eigenvalue weighted by molar-refractivity contribution is 5.75. The first kappa shape index (κ1) is 20.8. The summed E-state index contributed by atoms with van der Waals surface area (Å²) >= 11 is 0.